The topological polar surface area (TPSA) is 39.7 Å². The number of hydrogen-bond acceptors (Lipinski definition) is 4. The molecule has 1 unspecified atom stereocenters. The van der Waals surface area contributed by atoms with Crippen molar-refractivity contribution in [2.75, 3.05) is 27.9 Å². The summed E-state index contributed by atoms with van der Waals surface area (Å²) in [6.07, 6.45) is 0. The van der Waals surface area contributed by atoms with Crippen LogP contribution in [-0.2, 0) is 4.74 Å². The fourth-order valence-electron chi connectivity index (χ4n) is 2.20. The van der Waals surface area contributed by atoms with Crippen LogP contribution in [0.1, 0.15) is 32.4 Å². The number of halogens is 1. The van der Waals surface area contributed by atoms with Gasteiger partial charge in [0.2, 0.25) is 0 Å². The van der Waals surface area contributed by atoms with E-state index in [0.29, 0.717) is 0 Å². The Hall–Kier alpha value is -0.780. The molecule has 1 N–H and O–H groups in total. The maximum Gasteiger partial charge on any atom is 0.141 e. The van der Waals surface area contributed by atoms with E-state index in [1.165, 1.54) is 0 Å². The Morgan fingerprint density at radius 1 is 1.20 bits per heavy atom. The molecule has 1 aromatic rings. The summed E-state index contributed by atoms with van der Waals surface area (Å²) in [5.74, 6) is 1.51. The molecule has 20 heavy (non-hydrogen) atoms. The smallest absolute Gasteiger partial charge is 0.141 e. The maximum atomic E-state index is 5.64. The minimum absolute atomic E-state index is 0.00894. The predicted octanol–water partition coefficient (Wildman–Crippen LogP) is 3.54. The highest BCUT2D eigenvalue weighted by molar-refractivity contribution is 9.10. The SMILES string of the molecule is CCNC(c1ccc(OC)c(Br)c1OC)C(C)(C)OC. The van der Waals surface area contributed by atoms with Crippen molar-refractivity contribution in [3.63, 3.8) is 0 Å². The van der Waals surface area contributed by atoms with Crippen molar-refractivity contribution in [3.8, 4) is 11.5 Å². The number of likely N-dealkylation sites (N-methyl/N-ethyl adjacent to an activating group) is 1. The van der Waals surface area contributed by atoms with Crippen LogP contribution in [0.25, 0.3) is 0 Å². The first-order valence-corrected chi connectivity index (χ1v) is 7.41. The van der Waals surface area contributed by atoms with Gasteiger partial charge in [0, 0.05) is 12.7 Å². The van der Waals surface area contributed by atoms with Gasteiger partial charge >= 0.3 is 0 Å². The molecule has 0 aliphatic rings. The number of benzene rings is 1. The lowest BCUT2D eigenvalue weighted by Gasteiger charge is -2.35. The van der Waals surface area contributed by atoms with Crippen LogP contribution in [0.15, 0.2) is 16.6 Å². The van der Waals surface area contributed by atoms with Gasteiger partial charge in [-0.2, -0.15) is 0 Å². The molecule has 0 aromatic heterocycles. The van der Waals surface area contributed by atoms with Crippen LogP contribution in [0.4, 0.5) is 0 Å². The van der Waals surface area contributed by atoms with E-state index in [9.17, 15) is 0 Å². The molecule has 5 heteroatoms. The molecule has 0 bridgehead atoms. The maximum absolute atomic E-state index is 5.64. The average Bonchev–Trinajstić information content (AvgIpc) is 2.44. The number of rotatable bonds is 7. The molecule has 0 heterocycles. The molecule has 0 amide bonds. The first kappa shape index (κ1) is 17.3. The van der Waals surface area contributed by atoms with Gasteiger partial charge in [-0.3, -0.25) is 0 Å². The molecule has 0 saturated carbocycles. The molecule has 0 aliphatic carbocycles. The van der Waals surface area contributed by atoms with E-state index in [0.717, 1.165) is 28.1 Å². The first-order chi connectivity index (χ1) is 9.42. The van der Waals surface area contributed by atoms with Gasteiger partial charge in [-0.25, -0.2) is 0 Å². The second kappa shape index (κ2) is 7.29. The molecule has 114 valence electrons. The minimum Gasteiger partial charge on any atom is -0.495 e. The molecular weight excluding hydrogens is 322 g/mol. The Labute approximate surface area is 129 Å². The van der Waals surface area contributed by atoms with Crippen LogP contribution >= 0.6 is 15.9 Å². The van der Waals surface area contributed by atoms with Crippen LogP contribution in [0.2, 0.25) is 0 Å². The van der Waals surface area contributed by atoms with E-state index >= 15 is 0 Å². The van der Waals surface area contributed by atoms with E-state index in [1.807, 2.05) is 12.1 Å². The van der Waals surface area contributed by atoms with Gasteiger partial charge in [0.05, 0.1) is 25.9 Å². The van der Waals surface area contributed by atoms with Crippen LogP contribution in [-0.4, -0.2) is 33.5 Å². The Morgan fingerprint density at radius 2 is 1.85 bits per heavy atom. The van der Waals surface area contributed by atoms with E-state index in [1.54, 1.807) is 21.3 Å². The Bertz CT molecular complexity index is 449. The van der Waals surface area contributed by atoms with Crippen molar-refractivity contribution < 1.29 is 14.2 Å². The summed E-state index contributed by atoms with van der Waals surface area (Å²) < 4.78 is 17.3. The molecule has 4 nitrogen and oxygen atoms in total. The van der Waals surface area contributed by atoms with Crippen molar-refractivity contribution in [1.29, 1.82) is 0 Å². The fourth-order valence-corrected chi connectivity index (χ4v) is 2.88. The summed E-state index contributed by atoms with van der Waals surface area (Å²) >= 11 is 3.54. The molecule has 1 rings (SSSR count). The number of ether oxygens (including phenoxy) is 3. The van der Waals surface area contributed by atoms with Crippen LogP contribution in [0.3, 0.4) is 0 Å². The third-order valence-electron chi connectivity index (χ3n) is 3.46. The zero-order chi connectivity index (χ0) is 15.3. The molecule has 0 saturated heterocycles. The summed E-state index contributed by atoms with van der Waals surface area (Å²) in [6.45, 7) is 7.02. The normalized spacial score (nSPS) is 13.2. The van der Waals surface area contributed by atoms with Crippen molar-refractivity contribution in [2.45, 2.75) is 32.4 Å². The van der Waals surface area contributed by atoms with Crippen molar-refractivity contribution in [3.05, 3.63) is 22.2 Å². The van der Waals surface area contributed by atoms with Crippen molar-refractivity contribution in [1.82, 2.24) is 5.32 Å². The van der Waals surface area contributed by atoms with Gasteiger partial charge in [-0.1, -0.05) is 6.92 Å². The van der Waals surface area contributed by atoms with Crippen LogP contribution < -0.4 is 14.8 Å². The van der Waals surface area contributed by atoms with E-state index in [-0.39, 0.29) is 11.6 Å². The summed E-state index contributed by atoms with van der Waals surface area (Å²) in [4.78, 5) is 0. The zero-order valence-electron chi connectivity index (χ0n) is 13.0. The zero-order valence-corrected chi connectivity index (χ0v) is 14.6. The van der Waals surface area contributed by atoms with Gasteiger partial charge in [0.15, 0.2) is 0 Å². The summed E-state index contributed by atoms with van der Waals surface area (Å²) in [6, 6.07) is 3.95. The average molecular weight is 346 g/mol. The monoisotopic (exact) mass is 345 g/mol. The highest BCUT2D eigenvalue weighted by Gasteiger charge is 2.33. The first-order valence-electron chi connectivity index (χ1n) is 6.61. The van der Waals surface area contributed by atoms with Crippen molar-refractivity contribution >= 4 is 15.9 Å². The highest BCUT2D eigenvalue weighted by Crippen LogP contribution is 2.42. The van der Waals surface area contributed by atoms with Gasteiger partial charge in [0.1, 0.15) is 16.0 Å². The molecule has 0 radical (unpaired) electrons. The van der Waals surface area contributed by atoms with Gasteiger partial charge < -0.3 is 19.5 Å². The lowest BCUT2D eigenvalue weighted by atomic mass is 9.90. The van der Waals surface area contributed by atoms with E-state index < -0.39 is 0 Å². The van der Waals surface area contributed by atoms with E-state index in [2.05, 4.69) is 42.0 Å². The molecule has 0 aliphatic heterocycles. The quantitative estimate of drug-likeness (QED) is 0.820. The van der Waals surface area contributed by atoms with Gasteiger partial charge in [-0.05, 0) is 48.5 Å². The molecule has 1 aromatic carbocycles. The third kappa shape index (κ3) is 3.45. The second-order valence-corrected chi connectivity index (χ2v) is 5.80. The lowest BCUT2D eigenvalue weighted by molar-refractivity contribution is -0.0113. The van der Waals surface area contributed by atoms with Gasteiger partial charge in [-0.15, -0.1) is 0 Å². The Balaban J connectivity index is 3.37. The fraction of sp³-hybridized carbons (Fsp3) is 0.600. The Kier molecular flexibility index (Phi) is 6.30. The minimum atomic E-state index is -0.364. The standard InChI is InChI=1S/C15H24BrNO3/c1-7-17-14(15(2,3)20-6)10-8-9-11(18-4)12(16)13(10)19-5/h8-9,14,17H,7H2,1-6H3. The van der Waals surface area contributed by atoms with Gasteiger partial charge in [0.25, 0.3) is 0 Å². The molecule has 0 spiro atoms. The summed E-state index contributed by atoms with van der Waals surface area (Å²) in [7, 11) is 5.02. The van der Waals surface area contributed by atoms with Crippen LogP contribution in [0.5, 0.6) is 11.5 Å². The third-order valence-corrected chi connectivity index (χ3v) is 4.21. The molecular formula is C15H24BrNO3. The number of nitrogens with one attached hydrogen (secondary N) is 1. The van der Waals surface area contributed by atoms with Crippen LogP contribution in [0, 0.1) is 0 Å². The highest BCUT2D eigenvalue weighted by atomic mass is 79.9. The molecule has 0 fully saturated rings. The Morgan fingerprint density at radius 3 is 2.30 bits per heavy atom. The largest absolute Gasteiger partial charge is 0.495 e. The second-order valence-electron chi connectivity index (χ2n) is 5.00. The number of hydrogen-bond donors (Lipinski definition) is 1. The van der Waals surface area contributed by atoms with Crippen molar-refractivity contribution in [2.24, 2.45) is 0 Å². The summed E-state index contributed by atoms with van der Waals surface area (Å²) in [5.41, 5.74) is 0.672. The summed E-state index contributed by atoms with van der Waals surface area (Å²) in [5, 5.41) is 3.46. The number of methoxy groups -OCH3 is 3. The predicted molar refractivity (Wildman–Crippen MR) is 84.8 cm³/mol. The molecule has 1 atom stereocenters. The van der Waals surface area contributed by atoms with E-state index in [4.69, 9.17) is 14.2 Å². The lowest BCUT2D eigenvalue weighted by Crippen LogP contribution is -2.41.